The predicted octanol–water partition coefficient (Wildman–Crippen LogP) is 4.80. The minimum Gasteiger partial charge on any atom is -0.367 e. The van der Waals surface area contributed by atoms with Crippen LogP contribution in [0.25, 0.3) is 5.78 Å². The van der Waals surface area contributed by atoms with Crippen LogP contribution in [0.15, 0.2) is 6.33 Å². The van der Waals surface area contributed by atoms with E-state index in [9.17, 15) is 30.7 Å². The monoisotopic (exact) mass is 427 g/mol. The SMILES string of the molecule is CCc1nc2ncnn2c(NC2CCC(C(F)(C(F)(F)F)C(F)(F)F)CC2)c1C. The van der Waals surface area contributed by atoms with E-state index in [1.54, 1.807) is 6.92 Å². The lowest BCUT2D eigenvalue weighted by Gasteiger charge is -2.40. The minimum atomic E-state index is -6.01. The number of halogens is 7. The second kappa shape index (κ2) is 7.28. The molecule has 2 heterocycles. The molecule has 0 bridgehead atoms. The number of hydrogen-bond donors (Lipinski definition) is 1. The van der Waals surface area contributed by atoms with Gasteiger partial charge in [0.2, 0.25) is 0 Å². The number of fused-ring (bicyclic) bond motifs is 1. The van der Waals surface area contributed by atoms with Crippen molar-refractivity contribution in [3.63, 3.8) is 0 Å². The summed E-state index contributed by atoms with van der Waals surface area (Å²) in [5, 5.41) is 7.20. The van der Waals surface area contributed by atoms with Gasteiger partial charge in [0.25, 0.3) is 5.78 Å². The summed E-state index contributed by atoms with van der Waals surface area (Å²) in [4.78, 5) is 8.38. The lowest BCUT2D eigenvalue weighted by molar-refractivity contribution is -0.360. The first-order chi connectivity index (χ1) is 13.4. The van der Waals surface area contributed by atoms with Crippen molar-refractivity contribution in [3.05, 3.63) is 17.6 Å². The van der Waals surface area contributed by atoms with E-state index in [2.05, 4.69) is 20.4 Å². The quantitative estimate of drug-likeness (QED) is 0.713. The topological polar surface area (TPSA) is 55.1 Å². The van der Waals surface area contributed by atoms with E-state index in [1.807, 2.05) is 6.92 Å². The van der Waals surface area contributed by atoms with Crippen LogP contribution in [0.2, 0.25) is 0 Å². The number of nitrogens with one attached hydrogen (secondary N) is 1. The molecule has 1 N–H and O–H groups in total. The lowest BCUT2D eigenvalue weighted by atomic mass is 9.75. The van der Waals surface area contributed by atoms with Crippen molar-refractivity contribution in [3.8, 4) is 0 Å². The molecule has 2 aromatic rings. The van der Waals surface area contributed by atoms with Crippen LogP contribution in [-0.2, 0) is 6.42 Å². The van der Waals surface area contributed by atoms with E-state index in [0.29, 0.717) is 18.0 Å². The summed E-state index contributed by atoms with van der Waals surface area (Å²) < 4.78 is 93.5. The number of alkyl halides is 7. The van der Waals surface area contributed by atoms with Gasteiger partial charge in [0, 0.05) is 17.5 Å². The molecule has 29 heavy (non-hydrogen) atoms. The van der Waals surface area contributed by atoms with Gasteiger partial charge in [-0.15, -0.1) is 0 Å². The van der Waals surface area contributed by atoms with Gasteiger partial charge in [0.15, 0.2) is 0 Å². The standard InChI is InChI=1S/C17H20F7N5/c1-3-12-9(2)13(29-14(28-12)25-8-26-29)27-11-6-4-10(5-7-11)15(18,16(19,20)21)17(22,23)24/h8,10-11,27H,3-7H2,1-2H3. The van der Waals surface area contributed by atoms with Crippen LogP contribution in [0.4, 0.5) is 36.6 Å². The molecule has 1 fully saturated rings. The zero-order chi connectivity index (χ0) is 21.6. The molecule has 1 aliphatic carbocycles. The van der Waals surface area contributed by atoms with Gasteiger partial charge in [0.05, 0.1) is 5.69 Å². The summed E-state index contributed by atoms with van der Waals surface area (Å²) in [6.45, 7) is 3.69. The highest BCUT2D eigenvalue weighted by molar-refractivity contribution is 5.52. The average molecular weight is 427 g/mol. The van der Waals surface area contributed by atoms with Gasteiger partial charge in [-0.05, 0) is 39.0 Å². The molecule has 0 aliphatic heterocycles. The van der Waals surface area contributed by atoms with Crippen LogP contribution < -0.4 is 5.32 Å². The van der Waals surface area contributed by atoms with Crippen LogP contribution in [0, 0.1) is 12.8 Å². The van der Waals surface area contributed by atoms with Crippen LogP contribution >= 0.6 is 0 Å². The van der Waals surface area contributed by atoms with Crippen molar-refractivity contribution in [1.29, 1.82) is 0 Å². The Bertz CT molecular complexity index is 851. The molecule has 162 valence electrons. The van der Waals surface area contributed by atoms with E-state index in [4.69, 9.17) is 0 Å². The molecule has 0 spiro atoms. The number of anilines is 1. The van der Waals surface area contributed by atoms with Gasteiger partial charge in [-0.1, -0.05) is 6.92 Å². The van der Waals surface area contributed by atoms with Gasteiger partial charge in [-0.25, -0.2) is 9.37 Å². The van der Waals surface area contributed by atoms with Crippen LogP contribution in [0.5, 0.6) is 0 Å². The molecule has 0 unspecified atom stereocenters. The summed E-state index contributed by atoms with van der Waals surface area (Å²) in [5.74, 6) is -1.30. The molecule has 3 rings (SSSR count). The van der Waals surface area contributed by atoms with E-state index >= 15 is 0 Å². The molecule has 0 saturated heterocycles. The largest absolute Gasteiger partial charge is 0.431 e. The van der Waals surface area contributed by atoms with Crippen molar-refractivity contribution in [2.45, 2.75) is 70.0 Å². The number of nitrogens with zero attached hydrogens (tertiary/aromatic N) is 4. The number of rotatable bonds is 4. The van der Waals surface area contributed by atoms with Gasteiger partial charge >= 0.3 is 18.0 Å². The molecule has 0 amide bonds. The van der Waals surface area contributed by atoms with Crippen molar-refractivity contribution in [2.75, 3.05) is 5.32 Å². The lowest BCUT2D eigenvalue weighted by Crippen LogP contribution is -2.59. The first kappa shape index (κ1) is 21.6. The van der Waals surface area contributed by atoms with E-state index in [0.717, 1.165) is 11.3 Å². The molecule has 0 aromatic carbocycles. The smallest absolute Gasteiger partial charge is 0.367 e. The Morgan fingerprint density at radius 2 is 1.62 bits per heavy atom. The Labute approximate surface area is 161 Å². The maximum atomic E-state index is 14.3. The Hall–Kier alpha value is -2.14. The van der Waals surface area contributed by atoms with E-state index in [-0.39, 0.29) is 12.8 Å². The van der Waals surface area contributed by atoms with Crippen LogP contribution in [-0.4, -0.2) is 43.6 Å². The molecule has 1 saturated carbocycles. The Kier molecular flexibility index (Phi) is 5.41. The van der Waals surface area contributed by atoms with Crippen LogP contribution in [0.3, 0.4) is 0 Å². The first-order valence-corrected chi connectivity index (χ1v) is 9.18. The fraction of sp³-hybridized carbons (Fsp3) is 0.706. The third-order valence-corrected chi connectivity index (χ3v) is 5.56. The van der Waals surface area contributed by atoms with E-state index in [1.165, 1.54) is 10.8 Å². The van der Waals surface area contributed by atoms with Gasteiger partial charge < -0.3 is 5.32 Å². The normalized spacial score (nSPS) is 21.6. The molecule has 5 nitrogen and oxygen atoms in total. The fourth-order valence-electron chi connectivity index (χ4n) is 3.94. The summed E-state index contributed by atoms with van der Waals surface area (Å²) in [7, 11) is 0. The van der Waals surface area contributed by atoms with E-state index < -0.39 is 42.8 Å². The Balaban J connectivity index is 1.80. The molecule has 0 radical (unpaired) electrons. The zero-order valence-electron chi connectivity index (χ0n) is 15.7. The predicted molar refractivity (Wildman–Crippen MR) is 90.2 cm³/mol. The highest BCUT2D eigenvalue weighted by atomic mass is 19.4. The number of aromatic nitrogens is 4. The Morgan fingerprint density at radius 3 is 2.14 bits per heavy atom. The molecule has 2 aromatic heterocycles. The maximum Gasteiger partial charge on any atom is 0.431 e. The van der Waals surface area contributed by atoms with Crippen molar-refractivity contribution in [2.24, 2.45) is 5.92 Å². The summed E-state index contributed by atoms with van der Waals surface area (Å²) in [6, 6.07) is -0.421. The second-order valence-electron chi connectivity index (χ2n) is 7.26. The van der Waals surface area contributed by atoms with Crippen molar-refractivity contribution < 1.29 is 30.7 Å². The minimum absolute atomic E-state index is 0.0398. The zero-order valence-corrected chi connectivity index (χ0v) is 15.7. The number of hydrogen-bond acceptors (Lipinski definition) is 4. The molecular formula is C17H20F7N5. The van der Waals surface area contributed by atoms with Gasteiger partial charge in [0.1, 0.15) is 12.1 Å². The first-order valence-electron chi connectivity index (χ1n) is 9.18. The number of aryl methyl sites for hydroxylation is 1. The summed E-state index contributed by atoms with van der Waals surface area (Å²) in [6.07, 6.45) is -11.3. The third-order valence-electron chi connectivity index (χ3n) is 5.56. The molecular weight excluding hydrogens is 407 g/mol. The molecule has 1 aliphatic rings. The van der Waals surface area contributed by atoms with Crippen molar-refractivity contribution in [1.82, 2.24) is 19.6 Å². The average Bonchev–Trinajstić information content (AvgIpc) is 3.10. The summed E-state index contributed by atoms with van der Waals surface area (Å²) >= 11 is 0. The third kappa shape index (κ3) is 3.61. The highest BCUT2D eigenvalue weighted by Gasteiger charge is 2.75. The van der Waals surface area contributed by atoms with Crippen LogP contribution in [0.1, 0.15) is 43.9 Å². The maximum absolute atomic E-state index is 14.3. The Morgan fingerprint density at radius 1 is 1.03 bits per heavy atom. The highest BCUT2D eigenvalue weighted by Crippen LogP contribution is 2.54. The van der Waals surface area contributed by atoms with Crippen molar-refractivity contribution >= 4 is 11.6 Å². The summed E-state index contributed by atoms with van der Waals surface area (Å²) in [5.41, 5.74) is -3.69. The van der Waals surface area contributed by atoms with Gasteiger partial charge in [-0.3, -0.25) is 0 Å². The second-order valence-corrected chi connectivity index (χ2v) is 7.26. The van der Waals surface area contributed by atoms with Gasteiger partial charge in [-0.2, -0.15) is 40.9 Å². The molecule has 0 atom stereocenters. The molecule has 12 heteroatoms. The fourth-order valence-corrected chi connectivity index (χ4v) is 3.94.